The molecule has 0 bridgehead atoms. The molecule has 0 atom stereocenters. The summed E-state index contributed by atoms with van der Waals surface area (Å²) in [6.45, 7) is 5.02. The van der Waals surface area contributed by atoms with Gasteiger partial charge in [0.1, 0.15) is 11.6 Å². The first-order valence-corrected chi connectivity index (χ1v) is 8.84. The van der Waals surface area contributed by atoms with E-state index in [1.54, 1.807) is 4.90 Å². The van der Waals surface area contributed by atoms with Gasteiger partial charge in [-0.1, -0.05) is 11.6 Å². The number of halogens is 2. The van der Waals surface area contributed by atoms with Crippen LogP contribution in [0.3, 0.4) is 0 Å². The number of carbonyl (C=O) groups excluding carboxylic acids is 2. The van der Waals surface area contributed by atoms with Gasteiger partial charge in [0.2, 0.25) is 5.91 Å². The van der Waals surface area contributed by atoms with Crippen molar-refractivity contribution in [3.8, 4) is 5.75 Å². The summed E-state index contributed by atoms with van der Waals surface area (Å²) in [6.07, 6.45) is 1.46. The van der Waals surface area contributed by atoms with Crippen molar-refractivity contribution in [2.24, 2.45) is 0 Å². The molecule has 1 aromatic rings. The van der Waals surface area contributed by atoms with Gasteiger partial charge in [-0.05, 0) is 49.9 Å². The van der Waals surface area contributed by atoms with Crippen molar-refractivity contribution in [2.75, 3.05) is 25.6 Å². The molecule has 0 radical (unpaired) electrons. The Balaban J connectivity index is 1.81. The van der Waals surface area contributed by atoms with Gasteiger partial charge in [-0.25, -0.2) is 0 Å². The van der Waals surface area contributed by atoms with Crippen molar-refractivity contribution in [1.82, 2.24) is 10.2 Å². The molecule has 1 aromatic carbocycles. The summed E-state index contributed by atoms with van der Waals surface area (Å²) in [4.78, 5) is 25.3. The van der Waals surface area contributed by atoms with Gasteiger partial charge in [0, 0.05) is 24.2 Å². The molecule has 2 rings (SSSR count). The van der Waals surface area contributed by atoms with Crippen LogP contribution < -0.4 is 10.1 Å². The molecular formula is C17H22Cl2N2O3. The van der Waals surface area contributed by atoms with Crippen LogP contribution >= 0.6 is 23.2 Å². The lowest BCUT2D eigenvalue weighted by atomic mass is 10.1. The number of carbonyl (C=O) groups is 2. The molecule has 1 aliphatic rings. The van der Waals surface area contributed by atoms with Crippen molar-refractivity contribution in [2.45, 2.75) is 32.7 Å². The number of ether oxygens (including phenoxy) is 1. The molecule has 0 aliphatic carbocycles. The van der Waals surface area contributed by atoms with Crippen LogP contribution in [0.25, 0.3) is 0 Å². The van der Waals surface area contributed by atoms with Gasteiger partial charge in [-0.3, -0.25) is 9.59 Å². The molecule has 0 saturated carbocycles. The van der Waals surface area contributed by atoms with E-state index in [2.05, 4.69) is 5.32 Å². The van der Waals surface area contributed by atoms with Crippen molar-refractivity contribution < 1.29 is 14.3 Å². The van der Waals surface area contributed by atoms with Crippen molar-refractivity contribution >= 4 is 35.0 Å². The average molecular weight is 373 g/mol. The number of likely N-dealkylation sites (tertiary alicyclic amines) is 1. The predicted octanol–water partition coefficient (Wildman–Crippen LogP) is 2.68. The Labute approximate surface area is 152 Å². The Morgan fingerprint density at radius 1 is 1.25 bits per heavy atom. The van der Waals surface area contributed by atoms with Gasteiger partial charge in [0.05, 0.1) is 0 Å². The monoisotopic (exact) mass is 372 g/mol. The highest BCUT2D eigenvalue weighted by Gasteiger charge is 2.23. The van der Waals surface area contributed by atoms with Crippen LogP contribution in [0.5, 0.6) is 5.75 Å². The Morgan fingerprint density at radius 3 is 2.38 bits per heavy atom. The average Bonchev–Trinajstić information content (AvgIpc) is 2.57. The minimum atomic E-state index is -0.168. The first kappa shape index (κ1) is 18.9. The molecule has 5 nitrogen and oxygen atoms in total. The van der Waals surface area contributed by atoms with E-state index in [1.165, 1.54) is 0 Å². The summed E-state index contributed by atoms with van der Waals surface area (Å²) in [7, 11) is 0. The molecule has 1 heterocycles. The van der Waals surface area contributed by atoms with Crippen LogP contribution in [0.2, 0.25) is 5.02 Å². The molecule has 1 fully saturated rings. The lowest BCUT2D eigenvalue weighted by molar-refractivity contribution is -0.134. The highest BCUT2D eigenvalue weighted by molar-refractivity contribution is 6.32. The van der Waals surface area contributed by atoms with Gasteiger partial charge < -0.3 is 15.0 Å². The third-order valence-corrected chi connectivity index (χ3v) is 4.95. The molecule has 7 heteroatoms. The van der Waals surface area contributed by atoms with Crippen molar-refractivity contribution in [3.05, 3.63) is 28.3 Å². The Morgan fingerprint density at radius 2 is 1.83 bits per heavy atom. The smallest absolute Gasteiger partial charge is 0.260 e. The van der Waals surface area contributed by atoms with Gasteiger partial charge in [-0.15, -0.1) is 11.6 Å². The van der Waals surface area contributed by atoms with Gasteiger partial charge >= 0.3 is 0 Å². The maximum absolute atomic E-state index is 12.3. The second kappa shape index (κ2) is 8.58. The summed E-state index contributed by atoms with van der Waals surface area (Å²) in [6, 6.07) is 3.75. The number of rotatable bonds is 5. The van der Waals surface area contributed by atoms with Gasteiger partial charge in [0.25, 0.3) is 5.91 Å². The standard InChI is InChI=1S/C17H22Cl2N2O3/c1-11-7-14(8-12(2)17(11)19)24-10-16(23)21-5-3-13(4-6-21)20-15(22)9-18/h7-8,13H,3-6,9-10H2,1-2H3,(H,20,22). The molecule has 0 spiro atoms. The second-order valence-corrected chi connectivity index (χ2v) is 6.66. The molecule has 2 amide bonds. The highest BCUT2D eigenvalue weighted by Crippen LogP contribution is 2.25. The molecule has 24 heavy (non-hydrogen) atoms. The number of alkyl halides is 1. The van der Waals surface area contributed by atoms with E-state index in [-0.39, 0.29) is 30.3 Å². The minimum absolute atomic E-state index is 0.000776. The lowest BCUT2D eigenvalue weighted by Gasteiger charge is -2.32. The number of piperidine rings is 1. The number of aryl methyl sites for hydroxylation is 2. The summed E-state index contributed by atoms with van der Waals surface area (Å²) >= 11 is 11.6. The van der Waals surface area contributed by atoms with Crippen LogP contribution in [0.15, 0.2) is 12.1 Å². The van der Waals surface area contributed by atoms with Crippen LogP contribution in [0, 0.1) is 13.8 Å². The number of hydrogen-bond acceptors (Lipinski definition) is 3. The largest absolute Gasteiger partial charge is 0.484 e. The van der Waals surface area contributed by atoms with Crippen LogP contribution in [-0.4, -0.2) is 48.3 Å². The van der Waals surface area contributed by atoms with Crippen LogP contribution in [0.4, 0.5) is 0 Å². The summed E-state index contributed by atoms with van der Waals surface area (Å²) < 4.78 is 5.61. The lowest BCUT2D eigenvalue weighted by Crippen LogP contribution is -2.47. The summed E-state index contributed by atoms with van der Waals surface area (Å²) in [5.74, 6) is 0.389. The van der Waals surface area contributed by atoms with Crippen molar-refractivity contribution in [3.63, 3.8) is 0 Å². The molecular weight excluding hydrogens is 351 g/mol. The maximum atomic E-state index is 12.3. The summed E-state index contributed by atoms with van der Waals surface area (Å²) in [5, 5.41) is 3.57. The molecule has 0 aromatic heterocycles. The topological polar surface area (TPSA) is 58.6 Å². The van der Waals surface area contributed by atoms with Gasteiger partial charge in [-0.2, -0.15) is 0 Å². The van der Waals surface area contributed by atoms with Crippen molar-refractivity contribution in [1.29, 1.82) is 0 Å². The fraction of sp³-hybridized carbons (Fsp3) is 0.529. The third kappa shape index (κ3) is 5.02. The molecule has 132 valence electrons. The number of nitrogens with zero attached hydrogens (tertiary/aromatic N) is 1. The minimum Gasteiger partial charge on any atom is -0.484 e. The Kier molecular flexibility index (Phi) is 6.75. The van der Waals surface area contributed by atoms with E-state index in [1.807, 2.05) is 26.0 Å². The second-order valence-electron chi connectivity index (χ2n) is 6.02. The van der Waals surface area contributed by atoms with Crippen LogP contribution in [-0.2, 0) is 9.59 Å². The Bertz CT molecular complexity index is 591. The van der Waals surface area contributed by atoms with E-state index in [4.69, 9.17) is 27.9 Å². The van der Waals surface area contributed by atoms with E-state index in [9.17, 15) is 9.59 Å². The van der Waals surface area contributed by atoms with E-state index < -0.39 is 0 Å². The first-order valence-electron chi connectivity index (χ1n) is 7.93. The van der Waals surface area contributed by atoms with Crippen LogP contribution in [0.1, 0.15) is 24.0 Å². The number of benzene rings is 1. The van der Waals surface area contributed by atoms with Gasteiger partial charge in [0.15, 0.2) is 6.61 Å². The van der Waals surface area contributed by atoms with E-state index in [0.29, 0.717) is 18.8 Å². The van der Waals surface area contributed by atoms with E-state index >= 15 is 0 Å². The zero-order valence-corrected chi connectivity index (χ0v) is 15.4. The normalized spacial score (nSPS) is 15.2. The third-order valence-electron chi connectivity index (χ3n) is 4.11. The number of amides is 2. The molecule has 1 N–H and O–H groups in total. The quantitative estimate of drug-likeness (QED) is 0.808. The highest BCUT2D eigenvalue weighted by atomic mass is 35.5. The predicted molar refractivity (Wildman–Crippen MR) is 94.9 cm³/mol. The summed E-state index contributed by atoms with van der Waals surface area (Å²) in [5.41, 5.74) is 1.85. The molecule has 1 saturated heterocycles. The number of hydrogen-bond donors (Lipinski definition) is 1. The number of nitrogens with one attached hydrogen (secondary N) is 1. The SMILES string of the molecule is Cc1cc(OCC(=O)N2CCC(NC(=O)CCl)CC2)cc(C)c1Cl. The fourth-order valence-corrected chi connectivity index (χ4v) is 2.95. The van der Waals surface area contributed by atoms with E-state index in [0.717, 1.165) is 29.0 Å². The molecule has 0 unspecified atom stereocenters. The zero-order chi connectivity index (χ0) is 17.7. The first-order chi connectivity index (χ1) is 11.4. The fourth-order valence-electron chi connectivity index (χ4n) is 2.77. The zero-order valence-electron chi connectivity index (χ0n) is 13.9. The maximum Gasteiger partial charge on any atom is 0.260 e. The molecule has 1 aliphatic heterocycles. The Hall–Kier alpha value is -1.46.